The molecule has 2 aromatic carbocycles. The number of carbonyl (C=O) groups excluding carboxylic acids is 1. The van der Waals surface area contributed by atoms with E-state index in [1.165, 1.54) is 17.4 Å². The van der Waals surface area contributed by atoms with Crippen LogP contribution < -0.4 is 4.80 Å². The SMILES string of the molecule is C=CCn1c(=NC(=O)c2cc(Cl)ccc2Cl)sc2cc(Cl)cc(Cl)c21. The average Bonchev–Trinajstić information content (AvgIpc) is 2.87. The van der Waals surface area contributed by atoms with E-state index in [1.54, 1.807) is 30.3 Å². The van der Waals surface area contributed by atoms with E-state index in [1.807, 2.05) is 4.57 Å². The van der Waals surface area contributed by atoms with Crippen LogP contribution in [-0.4, -0.2) is 10.5 Å². The number of amides is 1. The lowest BCUT2D eigenvalue weighted by atomic mass is 10.2. The second-order valence-electron chi connectivity index (χ2n) is 5.06. The van der Waals surface area contributed by atoms with Crippen molar-refractivity contribution in [1.82, 2.24) is 4.57 Å². The molecule has 1 amide bonds. The minimum atomic E-state index is -0.487. The van der Waals surface area contributed by atoms with Crippen molar-refractivity contribution in [2.45, 2.75) is 6.54 Å². The van der Waals surface area contributed by atoms with Crippen molar-refractivity contribution in [2.24, 2.45) is 4.99 Å². The molecule has 0 saturated heterocycles. The van der Waals surface area contributed by atoms with Gasteiger partial charge in [-0.1, -0.05) is 63.8 Å². The standard InChI is InChI=1S/C17H10Cl4N2OS/c1-2-5-23-15-13(21)7-10(19)8-14(15)25-17(23)22-16(24)11-6-9(18)3-4-12(11)20/h2-4,6-8H,1,5H2. The lowest BCUT2D eigenvalue weighted by molar-refractivity contribution is 0.0998. The van der Waals surface area contributed by atoms with E-state index in [0.29, 0.717) is 26.4 Å². The summed E-state index contributed by atoms with van der Waals surface area (Å²) in [5.74, 6) is -0.487. The molecule has 0 aliphatic carbocycles. The minimum absolute atomic E-state index is 0.237. The van der Waals surface area contributed by atoms with E-state index >= 15 is 0 Å². The van der Waals surface area contributed by atoms with E-state index < -0.39 is 5.91 Å². The fourth-order valence-corrected chi connectivity index (χ4v) is 4.51. The number of carbonyl (C=O) groups is 1. The maximum absolute atomic E-state index is 12.6. The van der Waals surface area contributed by atoms with Gasteiger partial charge in [0.25, 0.3) is 5.91 Å². The molecule has 0 spiro atoms. The molecule has 0 saturated carbocycles. The summed E-state index contributed by atoms with van der Waals surface area (Å²) in [5.41, 5.74) is 0.987. The summed E-state index contributed by atoms with van der Waals surface area (Å²) >= 11 is 25.7. The predicted octanol–water partition coefficient (Wildman–Crippen LogP) is 6.24. The maximum Gasteiger partial charge on any atom is 0.281 e. The maximum atomic E-state index is 12.6. The van der Waals surface area contributed by atoms with Crippen LogP contribution in [0.15, 0.2) is 48.0 Å². The summed E-state index contributed by atoms with van der Waals surface area (Å²) in [6.07, 6.45) is 1.70. The molecular weight excluding hydrogens is 422 g/mol. The van der Waals surface area contributed by atoms with Gasteiger partial charge in [-0.05, 0) is 30.3 Å². The van der Waals surface area contributed by atoms with Gasteiger partial charge in [0.1, 0.15) is 0 Å². The Balaban J connectivity index is 2.23. The smallest absolute Gasteiger partial charge is 0.281 e. The number of rotatable bonds is 3. The number of fused-ring (bicyclic) bond motifs is 1. The summed E-state index contributed by atoms with van der Waals surface area (Å²) in [7, 11) is 0. The molecule has 3 rings (SSSR count). The van der Waals surface area contributed by atoms with Gasteiger partial charge in [-0.2, -0.15) is 4.99 Å². The number of allylic oxidation sites excluding steroid dienone is 1. The first kappa shape index (κ1) is 18.5. The van der Waals surface area contributed by atoms with Crippen molar-refractivity contribution in [3.05, 3.63) is 73.4 Å². The molecule has 0 N–H and O–H groups in total. The van der Waals surface area contributed by atoms with E-state index in [0.717, 1.165) is 10.2 Å². The van der Waals surface area contributed by atoms with Crippen LogP contribution >= 0.6 is 57.7 Å². The molecule has 0 radical (unpaired) electrons. The topological polar surface area (TPSA) is 34.4 Å². The highest BCUT2D eigenvalue weighted by Crippen LogP contribution is 2.30. The molecule has 0 atom stereocenters. The summed E-state index contributed by atoms with van der Waals surface area (Å²) in [4.78, 5) is 17.3. The van der Waals surface area contributed by atoms with E-state index in [9.17, 15) is 4.79 Å². The number of thiazole rings is 1. The number of hydrogen-bond acceptors (Lipinski definition) is 2. The van der Waals surface area contributed by atoms with E-state index in [-0.39, 0.29) is 10.6 Å². The van der Waals surface area contributed by atoms with Crippen molar-refractivity contribution >= 4 is 73.9 Å². The summed E-state index contributed by atoms with van der Waals surface area (Å²) in [6.45, 7) is 4.18. The number of hydrogen-bond donors (Lipinski definition) is 0. The van der Waals surface area contributed by atoms with Gasteiger partial charge < -0.3 is 4.57 Å². The van der Waals surface area contributed by atoms with Crippen molar-refractivity contribution < 1.29 is 4.79 Å². The second-order valence-corrected chi connectivity index (χ2v) is 7.76. The largest absolute Gasteiger partial charge is 0.311 e. The Morgan fingerprint density at radius 1 is 1.12 bits per heavy atom. The third-order valence-corrected chi connectivity index (χ3v) is 5.46. The first-order chi connectivity index (χ1) is 11.9. The summed E-state index contributed by atoms with van der Waals surface area (Å²) in [5, 5.41) is 1.69. The Morgan fingerprint density at radius 3 is 2.60 bits per heavy atom. The third kappa shape index (κ3) is 3.78. The fraction of sp³-hybridized carbons (Fsp3) is 0.0588. The zero-order chi connectivity index (χ0) is 18.1. The van der Waals surface area contributed by atoms with Crippen LogP contribution in [-0.2, 0) is 6.54 Å². The lowest BCUT2D eigenvalue weighted by Crippen LogP contribution is -2.16. The Hall–Kier alpha value is -1.30. The monoisotopic (exact) mass is 430 g/mol. The molecule has 3 aromatic rings. The molecular formula is C17H10Cl4N2OS. The molecule has 8 heteroatoms. The fourth-order valence-electron chi connectivity index (χ4n) is 2.32. The van der Waals surface area contributed by atoms with Crippen LogP contribution in [0.2, 0.25) is 20.1 Å². The highest BCUT2D eigenvalue weighted by molar-refractivity contribution is 7.16. The van der Waals surface area contributed by atoms with Crippen LogP contribution in [0.4, 0.5) is 0 Å². The zero-order valence-electron chi connectivity index (χ0n) is 12.6. The molecule has 3 nitrogen and oxygen atoms in total. The number of halogens is 4. The van der Waals surface area contributed by atoms with Crippen molar-refractivity contribution in [3.8, 4) is 0 Å². The quantitative estimate of drug-likeness (QED) is 0.451. The number of benzene rings is 2. The molecule has 128 valence electrons. The first-order valence-electron chi connectivity index (χ1n) is 7.04. The van der Waals surface area contributed by atoms with Crippen molar-refractivity contribution in [3.63, 3.8) is 0 Å². The normalized spacial score (nSPS) is 11.9. The van der Waals surface area contributed by atoms with Crippen LogP contribution in [0.5, 0.6) is 0 Å². The molecule has 25 heavy (non-hydrogen) atoms. The average molecular weight is 432 g/mol. The Kier molecular flexibility index (Phi) is 5.56. The van der Waals surface area contributed by atoms with Gasteiger partial charge in [0.05, 0.1) is 25.8 Å². The molecule has 1 heterocycles. The van der Waals surface area contributed by atoms with Crippen LogP contribution in [0, 0.1) is 0 Å². The molecule has 0 aliphatic heterocycles. The molecule has 0 aliphatic rings. The lowest BCUT2D eigenvalue weighted by Gasteiger charge is -2.04. The van der Waals surface area contributed by atoms with E-state index in [4.69, 9.17) is 46.4 Å². The van der Waals surface area contributed by atoms with Crippen LogP contribution in [0.1, 0.15) is 10.4 Å². The zero-order valence-corrected chi connectivity index (χ0v) is 16.4. The number of nitrogens with zero attached hydrogens (tertiary/aromatic N) is 2. The van der Waals surface area contributed by atoms with Crippen molar-refractivity contribution in [2.75, 3.05) is 0 Å². The van der Waals surface area contributed by atoms with Crippen LogP contribution in [0.3, 0.4) is 0 Å². The van der Waals surface area contributed by atoms with Gasteiger partial charge in [-0.3, -0.25) is 4.79 Å². The highest BCUT2D eigenvalue weighted by atomic mass is 35.5. The van der Waals surface area contributed by atoms with Gasteiger partial charge >= 0.3 is 0 Å². The molecule has 1 aromatic heterocycles. The Labute approximate surface area is 167 Å². The van der Waals surface area contributed by atoms with Crippen molar-refractivity contribution in [1.29, 1.82) is 0 Å². The second kappa shape index (κ2) is 7.52. The van der Waals surface area contributed by atoms with E-state index in [2.05, 4.69) is 11.6 Å². The van der Waals surface area contributed by atoms with Crippen LogP contribution in [0.25, 0.3) is 10.2 Å². The van der Waals surface area contributed by atoms with Gasteiger partial charge in [0, 0.05) is 16.6 Å². The number of aromatic nitrogens is 1. The van der Waals surface area contributed by atoms with Gasteiger partial charge in [0.2, 0.25) is 0 Å². The Morgan fingerprint density at radius 2 is 1.88 bits per heavy atom. The predicted molar refractivity (Wildman–Crippen MR) is 106 cm³/mol. The third-order valence-electron chi connectivity index (χ3n) is 3.36. The van der Waals surface area contributed by atoms with Gasteiger partial charge in [-0.25, -0.2) is 0 Å². The molecule has 0 unspecified atom stereocenters. The Bertz CT molecular complexity index is 1070. The summed E-state index contributed by atoms with van der Waals surface area (Å²) in [6, 6.07) is 8.09. The van der Waals surface area contributed by atoms with Gasteiger partial charge in [-0.15, -0.1) is 6.58 Å². The highest BCUT2D eigenvalue weighted by Gasteiger charge is 2.14. The molecule has 0 fully saturated rings. The molecule has 0 bridgehead atoms. The minimum Gasteiger partial charge on any atom is -0.311 e. The first-order valence-corrected chi connectivity index (χ1v) is 9.37. The van der Waals surface area contributed by atoms with Gasteiger partial charge in [0.15, 0.2) is 4.80 Å². The summed E-state index contributed by atoms with van der Waals surface area (Å²) < 4.78 is 2.63.